The number of guanidine groups is 1. The molecule has 2 aromatic rings. The number of benzene rings is 1. The molecule has 0 spiro atoms. The summed E-state index contributed by atoms with van der Waals surface area (Å²) in [5.74, 6) is 1.06. The molecule has 2 aliphatic heterocycles. The molecule has 9 heteroatoms. The van der Waals surface area contributed by atoms with Crippen LogP contribution in [0.1, 0.15) is 70.2 Å². The highest BCUT2D eigenvalue weighted by molar-refractivity contribution is 5.99. The normalized spacial score (nSPS) is 26.3. The Labute approximate surface area is 217 Å². The van der Waals surface area contributed by atoms with Crippen molar-refractivity contribution in [3.05, 3.63) is 53.9 Å². The summed E-state index contributed by atoms with van der Waals surface area (Å²) in [7, 11) is 1.62. The van der Waals surface area contributed by atoms with Gasteiger partial charge in [-0.3, -0.25) is 19.5 Å². The monoisotopic (exact) mass is 505 g/mol. The van der Waals surface area contributed by atoms with Crippen LogP contribution in [0.5, 0.6) is 11.5 Å². The average molecular weight is 506 g/mol. The summed E-state index contributed by atoms with van der Waals surface area (Å²) in [6.07, 6.45) is 4.92. The maximum Gasteiger partial charge on any atom is 0.232 e. The van der Waals surface area contributed by atoms with E-state index in [1.54, 1.807) is 24.4 Å². The first kappa shape index (κ1) is 25.0. The van der Waals surface area contributed by atoms with E-state index in [1.165, 1.54) is 0 Å². The summed E-state index contributed by atoms with van der Waals surface area (Å²) in [4.78, 5) is 37.3. The average Bonchev–Trinajstić information content (AvgIpc) is 3.60. The third kappa shape index (κ3) is 4.86. The zero-order valence-electron chi connectivity index (χ0n) is 22.0. The van der Waals surface area contributed by atoms with E-state index in [9.17, 15) is 9.59 Å². The number of nitrogens with two attached hydrogens (primary N) is 1. The minimum atomic E-state index is -0.556. The van der Waals surface area contributed by atoms with Gasteiger partial charge in [-0.15, -0.1) is 0 Å². The van der Waals surface area contributed by atoms with Crippen LogP contribution in [-0.2, 0) is 9.59 Å². The van der Waals surface area contributed by atoms with Crippen molar-refractivity contribution in [2.45, 2.75) is 70.2 Å². The maximum absolute atomic E-state index is 13.6. The van der Waals surface area contributed by atoms with Crippen molar-refractivity contribution >= 4 is 17.8 Å². The van der Waals surface area contributed by atoms with Gasteiger partial charge in [0.2, 0.25) is 11.8 Å². The van der Waals surface area contributed by atoms with E-state index in [1.807, 2.05) is 58.0 Å². The molecule has 1 unspecified atom stereocenters. The predicted octanol–water partition coefficient (Wildman–Crippen LogP) is 3.51. The van der Waals surface area contributed by atoms with E-state index in [0.29, 0.717) is 24.3 Å². The van der Waals surface area contributed by atoms with Crippen LogP contribution in [0.3, 0.4) is 0 Å². The lowest BCUT2D eigenvalue weighted by molar-refractivity contribution is -0.132. The molecule has 1 fully saturated rings. The Hall–Kier alpha value is -3.62. The van der Waals surface area contributed by atoms with E-state index < -0.39 is 17.2 Å². The smallest absolute Gasteiger partial charge is 0.232 e. The second-order valence-electron chi connectivity index (χ2n) is 11.5. The second kappa shape index (κ2) is 9.04. The summed E-state index contributed by atoms with van der Waals surface area (Å²) in [5.41, 5.74) is 7.03. The number of nitrogens with zero attached hydrogens (tertiary/aromatic N) is 3. The number of hydrogen-bond acceptors (Lipinski definition) is 7. The number of methoxy groups -OCH3 is 1. The highest BCUT2D eigenvalue weighted by Gasteiger charge is 2.53. The number of carbonyl (C=O) groups excluding carboxylic acids is 2. The zero-order valence-corrected chi connectivity index (χ0v) is 22.0. The topological polar surface area (TPSA) is 119 Å². The van der Waals surface area contributed by atoms with Crippen molar-refractivity contribution < 1.29 is 19.1 Å². The van der Waals surface area contributed by atoms with Crippen LogP contribution < -0.4 is 20.5 Å². The quantitative estimate of drug-likeness (QED) is 0.620. The number of rotatable bonds is 6. The molecule has 2 amide bonds. The zero-order chi connectivity index (χ0) is 26.5. The van der Waals surface area contributed by atoms with Gasteiger partial charge in [0, 0.05) is 24.7 Å². The van der Waals surface area contributed by atoms with Gasteiger partial charge in [0.1, 0.15) is 17.1 Å². The van der Waals surface area contributed by atoms with Crippen molar-refractivity contribution in [3.63, 3.8) is 0 Å². The van der Waals surface area contributed by atoms with E-state index in [-0.39, 0.29) is 42.1 Å². The van der Waals surface area contributed by atoms with Crippen molar-refractivity contribution in [2.75, 3.05) is 7.11 Å². The van der Waals surface area contributed by atoms with Crippen LogP contribution >= 0.6 is 0 Å². The van der Waals surface area contributed by atoms with Crippen LogP contribution in [0.15, 0.2) is 47.7 Å². The van der Waals surface area contributed by atoms with E-state index in [4.69, 9.17) is 15.2 Å². The first-order valence-corrected chi connectivity index (χ1v) is 12.7. The maximum atomic E-state index is 13.6. The summed E-state index contributed by atoms with van der Waals surface area (Å²) in [6, 6.07) is 8.75. The van der Waals surface area contributed by atoms with Gasteiger partial charge in [0.05, 0.1) is 36.7 Å². The first-order valence-electron chi connectivity index (χ1n) is 12.7. The molecule has 3 N–H and O–H groups in total. The fraction of sp³-hybridized carbons (Fsp3) is 0.500. The van der Waals surface area contributed by atoms with E-state index in [2.05, 4.69) is 15.3 Å². The Kier molecular flexibility index (Phi) is 6.12. The van der Waals surface area contributed by atoms with Crippen molar-refractivity contribution in [2.24, 2.45) is 22.6 Å². The minimum Gasteiger partial charge on any atom is -0.496 e. The highest BCUT2D eigenvalue weighted by Crippen LogP contribution is 2.52. The van der Waals surface area contributed by atoms with Gasteiger partial charge in [-0.05, 0) is 63.8 Å². The largest absolute Gasteiger partial charge is 0.496 e. The molecular formula is C28H35N5O4. The van der Waals surface area contributed by atoms with Crippen LogP contribution in [0, 0.1) is 11.8 Å². The lowest BCUT2D eigenvalue weighted by atomic mass is 9.89. The second-order valence-corrected chi connectivity index (χ2v) is 11.5. The Morgan fingerprint density at radius 1 is 1.24 bits per heavy atom. The number of ether oxygens (including phenoxy) is 2. The molecule has 1 aromatic carbocycles. The molecule has 196 valence electrons. The summed E-state index contributed by atoms with van der Waals surface area (Å²) in [5, 5.41) is 3.26. The van der Waals surface area contributed by atoms with Crippen LogP contribution in [-0.4, -0.2) is 45.9 Å². The van der Waals surface area contributed by atoms with Crippen LogP contribution in [0.4, 0.5) is 0 Å². The molecule has 0 radical (unpaired) electrons. The Balaban J connectivity index is 1.41. The lowest BCUT2D eigenvalue weighted by Crippen LogP contribution is -2.52. The number of carbonyl (C=O) groups is 2. The van der Waals surface area contributed by atoms with Gasteiger partial charge in [0.25, 0.3) is 0 Å². The Bertz CT molecular complexity index is 1240. The fourth-order valence-corrected chi connectivity index (χ4v) is 5.76. The molecule has 1 aromatic heterocycles. The third-order valence-electron chi connectivity index (χ3n) is 7.40. The number of aromatic nitrogens is 1. The molecule has 3 aliphatic rings. The molecular weight excluding hydrogens is 470 g/mol. The fourth-order valence-electron chi connectivity index (χ4n) is 5.76. The predicted molar refractivity (Wildman–Crippen MR) is 139 cm³/mol. The summed E-state index contributed by atoms with van der Waals surface area (Å²) >= 11 is 0. The molecule has 9 nitrogen and oxygen atoms in total. The van der Waals surface area contributed by atoms with Gasteiger partial charge >= 0.3 is 0 Å². The van der Waals surface area contributed by atoms with E-state index in [0.717, 1.165) is 11.1 Å². The van der Waals surface area contributed by atoms with Gasteiger partial charge in [0.15, 0.2) is 5.96 Å². The summed E-state index contributed by atoms with van der Waals surface area (Å²) < 4.78 is 11.8. The van der Waals surface area contributed by atoms with Crippen molar-refractivity contribution in [3.8, 4) is 11.5 Å². The Morgan fingerprint density at radius 2 is 2.03 bits per heavy atom. The SMILES string of the molecule is COc1cccc2c1[C@@H](NC(=O)C1C[C@@H]1[C@@H](c1cccnc1)N1C(=O)CC(C)(C)N=C1N)CC(C)(C)O2. The number of hydrogen-bond donors (Lipinski definition) is 2. The number of aliphatic imine (C=N–C) groups is 1. The van der Waals surface area contributed by atoms with Crippen LogP contribution in [0.2, 0.25) is 0 Å². The molecule has 1 aliphatic carbocycles. The number of fused-ring (bicyclic) bond motifs is 1. The van der Waals surface area contributed by atoms with Gasteiger partial charge < -0.3 is 20.5 Å². The summed E-state index contributed by atoms with van der Waals surface area (Å²) in [6.45, 7) is 7.81. The molecule has 0 bridgehead atoms. The first-order chi connectivity index (χ1) is 17.5. The molecule has 4 atom stereocenters. The Morgan fingerprint density at radius 3 is 2.70 bits per heavy atom. The van der Waals surface area contributed by atoms with Gasteiger partial charge in [-0.1, -0.05) is 12.1 Å². The highest BCUT2D eigenvalue weighted by atomic mass is 16.5. The number of pyridine rings is 1. The molecule has 37 heavy (non-hydrogen) atoms. The molecule has 1 saturated carbocycles. The lowest BCUT2D eigenvalue weighted by Gasteiger charge is -2.39. The van der Waals surface area contributed by atoms with Crippen molar-refractivity contribution in [1.82, 2.24) is 15.2 Å². The minimum absolute atomic E-state index is 0.0567. The molecule has 3 heterocycles. The van der Waals surface area contributed by atoms with E-state index >= 15 is 0 Å². The van der Waals surface area contributed by atoms with Crippen molar-refractivity contribution in [1.29, 1.82) is 0 Å². The molecule has 5 rings (SSSR count). The standard InChI is InChI=1S/C28H35N5O4/c1-27(2)14-22(34)33(26(29)32-27)24(16-8-7-11-30-15-16)17-12-18(17)25(35)31-19-13-28(3,4)37-21-10-6-9-20(36-5)23(19)21/h6-11,15,17-19,24H,12-14H2,1-5H3,(H2,29,32)(H,31,35)/t17-,18?,19-,24+/m0/s1. The van der Waals surface area contributed by atoms with Gasteiger partial charge in [-0.25, -0.2) is 4.99 Å². The number of nitrogens with one attached hydrogen (secondary N) is 1. The number of amides is 2. The van der Waals surface area contributed by atoms with Gasteiger partial charge in [-0.2, -0.15) is 0 Å². The van der Waals surface area contributed by atoms with Crippen LogP contribution in [0.25, 0.3) is 0 Å². The molecule has 0 saturated heterocycles. The third-order valence-corrected chi connectivity index (χ3v) is 7.40.